The zero-order chi connectivity index (χ0) is 15.1. The van der Waals surface area contributed by atoms with E-state index in [0.717, 1.165) is 10.1 Å². The van der Waals surface area contributed by atoms with E-state index in [1.165, 1.54) is 11.3 Å². The lowest BCUT2D eigenvalue weighted by Crippen LogP contribution is -2.34. The molecule has 108 valence electrons. The fourth-order valence-corrected chi connectivity index (χ4v) is 3.60. The Balaban J connectivity index is 2.37. The van der Waals surface area contributed by atoms with Gasteiger partial charge in [-0.25, -0.2) is 0 Å². The summed E-state index contributed by atoms with van der Waals surface area (Å²) in [6, 6.07) is 5.50. The van der Waals surface area contributed by atoms with E-state index in [1.54, 1.807) is 11.0 Å². The summed E-state index contributed by atoms with van der Waals surface area (Å²) >= 11 is 7.38. The maximum atomic E-state index is 12.5. The van der Waals surface area contributed by atoms with Crippen LogP contribution >= 0.6 is 22.9 Å². The number of carbonyl (C=O) groups is 1. The Hall–Kier alpha value is -1.26. The SMILES string of the molecule is CN(CC(C)(C)C)C(=O)c1sc2cc(Cl)ccc2c1N. The highest BCUT2D eigenvalue weighted by Crippen LogP contribution is 2.36. The average Bonchev–Trinajstić information content (AvgIpc) is 2.63. The fraction of sp³-hybridized carbons (Fsp3) is 0.400. The van der Waals surface area contributed by atoms with E-state index in [9.17, 15) is 4.79 Å². The first-order valence-electron chi connectivity index (χ1n) is 6.42. The first-order valence-corrected chi connectivity index (χ1v) is 7.61. The van der Waals surface area contributed by atoms with Gasteiger partial charge in [0.1, 0.15) is 4.88 Å². The van der Waals surface area contributed by atoms with Crippen LogP contribution in [0.25, 0.3) is 10.1 Å². The van der Waals surface area contributed by atoms with Gasteiger partial charge in [-0.1, -0.05) is 32.4 Å². The second-order valence-electron chi connectivity index (χ2n) is 6.21. The van der Waals surface area contributed by atoms with Crippen molar-refractivity contribution in [2.24, 2.45) is 5.41 Å². The van der Waals surface area contributed by atoms with Gasteiger partial charge >= 0.3 is 0 Å². The summed E-state index contributed by atoms with van der Waals surface area (Å²) in [4.78, 5) is 14.8. The van der Waals surface area contributed by atoms with Gasteiger partial charge in [-0.2, -0.15) is 0 Å². The van der Waals surface area contributed by atoms with E-state index in [-0.39, 0.29) is 11.3 Å². The Morgan fingerprint density at radius 3 is 2.65 bits per heavy atom. The van der Waals surface area contributed by atoms with E-state index >= 15 is 0 Å². The molecule has 0 radical (unpaired) electrons. The molecular formula is C15H19ClN2OS. The first-order chi connectivity index (χ1) is 9.19. The number of rotatable bonds is 2. The number of anilines is 1. The largest absolute Gasteiger partial charge is 0.397 e. The minimum Gasteiger partial charge on any atom is -0.397 e. The van der Waals surface area contributed by atoms with E-state index < -0.39 is 0 Å². The minimum absolute atomic E-state index is 0.0326. The van der Waals surface area contributed by atoms with Gasteiger partial charge in [0.15, 0.2) is 0 Å². The Bertz CT molecular complexity index is 658. The highest BCUT2D eigenvalue weighted by atomic mass is 35.5. The molecule has 2 rings (SSSR count). The van der Waals surface area contributed by atoms with Crippen molar-refractivity contribution in [1.29, 1.82) is 0 Å². The lowest BCUT2D eigenvalue weighted by Gasteiger charge is -2.26. The van der Waals surface area contributed by atoms with Gasteiger partial charge in [-0.05, 0) is 23.6 Å². The van der Waals surface area contributed by atoms with Gasteiger partial charge in [0.05, 0.1) is 5.69 Å². The lowest BCUT2D eigenvalue weighted by atomic mass is 9.96. The number of carbonyl (C=O) groups excluding carboxylic acids is 1. The maximum Gasteiger partial charge on any atom is 0.265 e. The number of thiophene rings is 1. The van der Waals surface area contributed by atoms with E-state index in [1.807, 2.05) is 19.2 Å². The number of hydrogen-bond donors (Lipinski definition) is 1. The van der Waals surface area contributed by atoms with Crippen LogP contribution in [0.2, 0.25) is 5.02 Å². The number of nitrogens with zero attached hydrogens (tertiary/aromatic N) is 1. The average molecular weight is 311 g/mol. The summed E-state index contributed by atoms with van der Waals surface area (Å²) in [6.45, 7) is 6.99. The van der Waals surface area contributed by atoms with Crippen LogP contribution in [0.4, 0.5) is 5.69 Å². The highest BCUT2D eigenvalue weighted by molar-refractivity contribution is 7.21. The van der Waals surface area contributed by atoms with Crippen LogP contribution in [-0.4, -0.2) is 24.4 Å². The third kappa shape index (κ3) is 3.07. The van der Waals surface area contributed by atoms with Crippen molar-refractivity contribution in [3.63, 3.8) is 0 Å². The molecule has 0 aliphatic rings. The molecule has 1 heterocycles. The standard InChI is InChI=1S/C15H19ClN2OS/c1-15(2,3)8-18(4)14(19)13-12(17)10-6-5-9(16)7-11(10)20-13/h5-7H,8,17H2,1-4H3. The molecule has 0 bridgehead atoms. The van der Waals surface area contributed by atoms with Crippen molar-refractivity contribution in [2.45, 2.75) is 20.8 Å². The van der Waals surface area contributed by atoms with Crippen LogP contribution in [0.3, 0.4) is 0 Å². The quantitative estimate of drug-likeness (QED) is 0.901. The second-order valence-corrected chi connectivity index (χ2v) is 7.70. The van der Waals surface area contributed by atoms with Gasteiger partial charge in [-0.3, -0.25) is 4.79 Å². The Kier molecular flexibility index (Phi) is 3.98. The number of amides is 1. The molecule has 20 heavy (non-hydrogen) atoms. The van der Waals surface area contributed by atoms with Crippen molar-refractivity contribution in [2.75, 3.05) is 19.3 Å². The van der Waals surface area contributed by atoms with Gasteiger partial charge < -0.3 is 10.6 Å². The molecule has 1 aromatic heterocycles. The summed E-state index contributed by atoms with van der Waals surface area (Å²) in [6.07, 6.45) is 0. The maximum absolute atomic E-state index is 12.5. The van der Waals surface area contributed by atoms with Crippen molar-refractivity contribution in [1.82, 2.24) is 4.90 Å². The molecule has 0 saturated carbocycles. The van der Waals surface area contributed by atoms with Crippen LogP contribution in [0.5, 0.6) is 0 Å². The molecule has 0 atom stereocenters. The molecule has 0 aliphatic heterocycles. The monoisotopic (exact) mass is 310 g/mol. The topological polar surface area (TPSA) is 46.3 Å². The third-order valence-corrected chi connectivity index (χ3v) is 4.33. The van der Waals surface area contributed by atoms with Crippen LogP contribution in [0.15, 0.2) is 18.2 Å². The number of nitrogen functional groups attached to an aromatic ring is 1. The van der Waals surface area contributed by atoms with Gasteiger partial charge in [0.25, 0.3) is 5.91 Å². The Morgan fingerprint density at radius 1 is 1.40 bits per heavy atom. The molecule has 0 unspecified atom stereocenters. The normalized spacial score (nSPS) is 11.8. The number of halogens is 1. The third-order valence-electron chi connectivity index (χ3n) is 2.94. The summed E-state index contributed by atoms with van der Waals surface area (Å²) in [5, 5.41) is 1.55. The first kappa shape index (κ1) is 15.1. The molecule has 0 saturated heterocycles. The van der Waals surface area contributed by atoms with Gasteiger partial charge in [-0.15, -0.1) is 11.3 Å². The lowest BCUT2D eigenvalue weighted by molar-refractivity contribution is 0.0751. The predicted octanol–water partition coefficient (Wildman–Crippen LogP) is 4.26. The van der Waals surface area contributed by atoms with Crippen molar-refractivity contribution in [3.8, 4) is 0 Å². The highest BCUT2D eigenvalue weighted by Gasteiger charge is 2.23. The van der Waals surface area contributed by atoms with Crippen molar-refractivity contribution in [3.05, 3.63) is 28.1 Å². The van der Waals surface area contributed by atoms with Crippen LogP contribution in [-0.2, 0) is 0 Å². The number of fused-ring (bicyclic) bond motifs is 1. The second kappa shape index (κ2) is 5.26. The molecular weight excluding hydrogens is 292 g/mol. The van der Waals surface area contributed by atoms with Crippen LogP contribution in [0, 0.1) is 5.41 Å². The smallest absolute Gasteiger partial charge is 0.265 e. The van der Waals surface area contributed by atoms with Crippen LogP contribution in [0.1, 0.15) is 30.4 Å². The van der Waals surface area contributed by atoms with E-state index in [2.05, 4.69) is 20.8 Å². The molecule has 0 fully saturated rings. The Labute approximate surface area is 128 Å². The van der Waals surface area contributed by atoms with E-state index in [0.29, 0.717) is 22.1 Å². The van der Waals surface area contributed by atoms with E-state index in [4.69, 9.17) is 17.3 Å². The van der Waals surface area contributed by atoms with Crippen LogP contribution < -0.4 is 5.73 Å². The molecule has 1 amide bonds. The fourth-order valence-electron chi connectivity index (χ4n) is 2.21. The minimum atomic E-state index is -0.0326. The van der Waals surface area contributed by atoms with Crippen molar-refractivity contribution < 1.29 is 4.79 Å². The molecule has 3 nitrogen and oxygen atoms in total. The summed E-state index contributed by atoms with van der Waals surface area (Å²) < 4.78 is 0.947. The summed E-state index contributed by atoms with van der Waals surface area (Å²) in [7, 11) is 1.81. The summed E-state index contributed by atoms with van der Waals surface area (Å²) in [5.74, 6) is -0.0326. The molecule has 2 N–H and O–H groups in total. The zero-order valence-electron chi connectivity index (χ0n) is 12.2. The molecule has 0 aliphatic carbocycles. The molecule has 0 spiro atoms. The molecule has 1 aromatic carbocycles. The number of hydrogen-bond acceptors (Lipinski definition) is 3. The molecule has 5 heteroatoms. The van der Waals surface area contributed by atoms with Gasteiger partial charge in [0, 0.05) is 28.7 Å². The zero-order valence-corrected chi connectivity index (χ0v) is 13.7. The van der Waals surface area contributed by atoms with Crippen molar-refractivity contribution >= 4 is 44.6 Å². The number of benzene rings is 1. The van der Waals surface area contributed by atoms with Gasteiger partial charge in [0.2, 0.25) is 0 Å². The summed E-state index contributed by atoms with van der Waals surface area (Å²) in [5.41, 5.74) is 6.71. The predicted molar refractivity (Wildman–Crippen MR) is 87.7 cm³/mol. The number of nitrogens with two attached hydrogens (primary N) is 1. The Morgan fingerprint density at radius 2 is 2.05 bits per heavy atom. The molecule has 2 aromatic rings.